The minimum Gasteiger partial charge on any atom is -0.447 e. The van der Waals surface area contributed by atoms with Gasteiger partial charge in [0.1, 0.15) is 24.0 Å². The normalized spacial score (nSPS) is 17.9. The molecule has 0 bridgehead atoms. The van der Waals surface area contributed by atoms with Crippen LogP contribution in [0.25, 0.3) is 0 Å². The summed E-state index contributed by atoms with van der Waals surface area (Å²) in [6, 6.07) is 3.27. The highest BCUT2D eigenvalue weighted by molar-refractivity contribution is 5.68. The first-order valence-corrected chi connectivity index (χ1v) is 10.8. The largest absolute Gasteiger partial charge is 0.573 e. The summed E-state index contributed by atoms with van der Waals surface area (Å²) in [4.78, 5) is 20.9. The summed E-state index contributed by atoms with van der Waals surface area (Å²) in [5.74, 6) is -5.22. The third kappa shape index (κ3) is 8.05. The van der Waals surface area contributed by atoms with Gasteiger partial charge in [-0.25, -0.2) is 27.9 Å². The van der Waals surface area contributed by atoms with Crippen LogP contribution < -0.4 is 20.3 Å². The van der Waals surface area contributed by atoms with Gasteiger partial charge in [0.25, 0.3) is 5.92 Å². The number of nitrogens with zero attached hydrogens (tertiary/aromatic N) is 3. The summed E-state index contributed by atoms with van der Waals surface area (Å²) in [5, 5.41) is 5.18. The lowest BCUT2D eigenvalue weighted by molar-refractivity contribution is -0.274. The fraction of sp³-hybridized carbons (Fsp3) is 0.500. The molecule has 1 aliphatic heterocycles. The molecule has 0 saturated carbocycles. The Morgan fingerprint density at radius 1 is 1.19 bits per heavy atom. The standard InChI is InChI=1S/C22H25F6N5O3/c1-20(2,3)32-19(34)35-11-13-6-8-21(24,25)12-33(13)18-15(23)4-5-16(31-18)30-17-10-14(7-9-29-17)36-22(26,27)28/h4-5,7,9-10,13H,6,8,11-12H2,1-3H3,(H,32,34)(H,29,30,31). The van der Waals surface area contributed by atoms with Gasteiger partial charge in [-0.15, -0.1) is 13.2 Å². The van der Waals surface area contributed by atoms with E-state index < -0.39 is 60.3 Å². The van der Waals surface area contributed by atoms with Crippen molar-refractivity contribution in [3.05, 3.63) is 36.3 Å². The molecule has 1 saturated heterocycles. The Balaban J connectivity index is 1.81. The number of amides is 1. The second-order valence-electron chi connectivity index (χ2n) is 9.20. The molecule has 0 spiro atoms. The number of halogens is 6. The molecular weight excluding hydrogens is 496 g/mol. The van der Waals surface area contributed by atoms with Gasteiger partial charge in [-0.3, -0.25) is 0 Å². The molecule has 1 amide bonds. The molecule has 0 radical (unpaired) electrons. The maximum absolute atomic E-state index is 14.7. The predicted molar refractivity (Wildman–Crippen MR) is 118 cm³/mol. The maximum atomic E-state index is 14.7. The van der Waals surface area contributed by atoms with Crippen molar-refractivity contribution in [2.24, 2.45) is 0 Å². The molecule has 1 unspecified atom stereocenters. The Hall–Kier alpha value is -3.45. The molecule has 1 aliphatic rings. The van der Waals surface area contributed by atoms with Crippen molar-refractivity contribution in [2.75, 3.05) is 23.4 Å². The summed E-state index contributed by atoms with van der Waals surface area (Å²) >= 11 is 0. The van der Waals surface area contributed by atoms with E-state index in [1.54, 1.807) is 20.8 Å². The van der Waals surface area contributed by atoms with Crippen molar-refractivity contribution in [2.45, 2.75) is 57.5 Å². The van der Waals surface area contributed by atoms with E-state index in [9.17, 15) is 31.1 Å². The fourth-order valence-electron chi connectivity index (χ4n) is 3.44. The minimum atomic E-state index is -4.92. The Labute approximate surface area is 203 Å². The van der Waals surface area contributed by atoms with Gasteiger partial charge in [0.05, 0.1) is 12.6 Å². The van der Waals surface area contributed by atoms with Gasteiger partial charge in [-0.2, -0.15) is 0 Å². The lowest BCUT2D eigenvalue weighted by Crippen LogP contribution is -2.52. The maximum Gasteiger partial charge on any atom is 0.573 e. The summed E-state index contributed by atoms with van der Waals surface area (Å²) < 4.78 is 89.7. The quantitative estimate of drug-likeness (QED) is 0.493. The van der Waals surface area contributed by atoms with E-state index >= 15 is 0 Å². The summed E-state index contributed by atoms with van der Waals surface area (Å²) in [7, 11) is 0. The number of hydrogen-bond acceptors (Lipinski definition) is 7. The third-order valence-electron chi connectivity index (χ3n) is 4.89. The second-order valence-corrected chi connectivity index (χ2v) is 9.20. The highest BCUT2D eigenvalue weighted by Crippen LogP contribution is 2.35. The van der Waals surface area contributed by atoms with Crippen LogP contribution in [0.4, 0.5) is 48.6 Å². The molecule has 2 aromatic rings. The van der Waals surface area contributed by atoms with E-state index in [0.29, 0.717) is 0 Å². The predicted octanol–water partition coefficient (Wildman–Crippen LogP) is 5.39. The smallest absolute Gasteiger partial charge is 0.447 e. The van der Waals surface area contributed by atoms with E-state index in [1.807, 2.05) is 0 Å². The number of pyridine rings is 2. The van der Waals surface area contributed by atoms with Gasteiger partial charge in [0.2, 0.25) is 0 Å². The number of nitrogens with one attached hydrogen (secondary N) is 2. The number of carbonyl (C=O) groups excluding carboxylic acids is 1. The molecule has 3 rings (SSSR count). The zero-order valence-corrected chi connectivity index (χ0v) is 19.6. The molecule has 8 nitrogen and oxygen atoms in total. The average molecular weight is 521 g/mol. The highest BCUT2D eigenvalue weighted by atomic mass is 19.4. The zero-order valence-electron chi connectivity index (χ0n) is 19.6. The summed E-state index contributed by atoms with van der Waals surface area (Å²) in [5.41, 5.74) is -0.583. The molecule has 1 atom stereocenters. The third-order valence-corrected chi connectivity index (χ3v) is 4.89. The van der Waals surface area contributed by atoms with Crippen LogP contribution >= 0.6 is 0 Å². The number of aromatic nitrogens is 2. The molecular formula is C22H25F6N5O3. The van der Waals surface area contributed by atoms with Crippen LogP contribution in [0.2, 0.25) is 0 Å². The molecule has 0 aromatic carbocycles. The number of alkyl halides is 5. The monoisotopic (exact) mass is 521 g/mol. The van der Waals surface area contributed by atoms with Crippen molar-refractivity contribution in [1.82, 2.24) is 15.3 Å². The van der Waals surface area contributed by atoms with Gasteiger partial charge in [-0.05, 0) is 45.4 Å². The zero-order chi connectivity index (χ0) is 26.7. The molecule has 198 valence electrons. The van der Waals surface area contributed by atoms with Crippen LogP contribution in [0.5, 0.6) is 5.75 Å². The molecule has 14 heteroatoms. The molecule has 1 fully saturated rings. The number of hydrogen-bond donors (Lipinski definition) is 2. The Bertz CT molecular complexity index is 1080. The Morgan fingerprint density at radius 2 is 1.92 bits per heavy atom. The average Bonchev–Trinajstić information content (AvgIpc) is 2.71. The summed E-state index contributed by atoms with van der Waals surface area (Å²) in [6.07, 6.45) is -5.22. The first-order valence-electron chi connectivity index (χ1n) is 10.8. The topological polar surface area (TPSA) is 88.6 Å². The van der Waals surface area contributed by atoms with E-state index in [-0.39, 0.29) is 24.7 Å². The van der Waals surface area contributed by atoms with Crippen molar-refractivity contribution < 1.29 is 40.6 Å². The van der Waals surface area contributed by atoms with Crippen molar-refractivity contribution in [1.29, 1.82) is 0 Å². The SMILES string of the molecule is CC(C)(C)NC(=O)OCC1CCC(F)(F)CN1c1nc(Nc2cc(OC(F)(F)F)ccn2)ccc1F. The minimum absolute atomic E-state index is 0.0675. The van der Waals surface area contributed by atoms with Crippen LogP contribution in [-0.2, 0) is 4.74 Å². The molecule has 0 aliphatic carbocycles. The van der Waals surface area contributed by atoms with Gasteiger partial charge < -0.3 is 25.0 Å². The first kappa shape index (κ1) is 27.1. The van der Waals surface area contributed by atoms with Crippen LogP contribution in [0.3, 0.4) is 0 Å². The number of anilines is 3. The first-order chi connectivity index (χ1) is 16.6. The van der Waals surface area contributed by atoms with E-state index in [2.05, 4.69) is 25.3 Å². The van der Waals surface area contributed by atoms with Crippen LogP contribution in [0, 0.1) is 5.82 Å². The second kappa shape index (κ2) is 10.3. The van der Waals surface area contributed by atoms with Crippen molar-refractivity contribution >= 4 is 23.5 Å². The van der Waals surface area contributed by atoms with E-state index in [0.717, 1.165) is 29.3 Å². The molecule has 3 heterocycles. The highest BCUT2D eigenvalue weighted by Gasteiger charge is 2.42. The fourth-order valence-corrected chi connectivity index (χ4v) is 3.44. The van der Waals surface area contributed by atoms with Crippen LogP contribution in [0.1, 0.15) is 33.6 Å². The number of rotatable bonds is 6. The van der Waals surface area contributed by atoms with Crippen molar-refractivity contribution in [3.8, 4) is 5.75 Å². The number of alkyl carbamates (subject to hydrolysis) is 1. The Kier molecular flexibility index (Phi) is 7.74. The van der Waals surface area contributed by atoms with Crippen LogP contribution in [-0.4, -0.2) is 53.1 Å². The number of carbonyl (C=O) groups is 1. The molecule has 2 aromatic heterocycles. The Morgan fingerprint density at radius 3 is 2.58 bits per heavy atom. The van der Waals surface area contributed by atoms with Gasteiger partial charge in [0, 0.05) is 24.2 Å². The number of piperidine rings is 1. The summed E-state index contributed by atoms with van der Waals surface area (Å²) in [6.45, 7) is 4.04. The van der Waals surface area contributed by atoms with E-state index in [4.69, 9.17) is 4.74 Å². The van der Waals surface area contributed by atoms with Gasteiger partial charge in [-0.1, -0.05) is 0 Å². The lowest BCUT2D eigenvalue weighted by Gasteiger charge is -2.40. The molecule has 2 N–H and O–H groups in total. The molecule has 36 heavy (non-hydrogen) atoms. The van der Waals surface area contributed by atoms with Crippen molar-refractivity contribution in [3.63, 3.8) is 0 Å². The lowest BCUT2D eigenvalue weighted by atomic mass is 9.99. The van der Waals surface area contributed by atoms with Crippen LogP contribution in [0.15, 0.2) is 30.5 Å². The van der Waals surface area contributed by atoms with E-state index in [1.165, 1.54) is 6.07 Å². The number of ether oxygens (including phenoxy) is 2. The van der Waals surface area contributed by atoms with Gasteiger partial charge >= 0.3 is 12.5 Å². The van der Waals surface area contributed by atoms with Gasteiger partial charge in [0.15, 0.2) is 11.6 Å².